The molecular weight excluding hydrogens is 262 g/mol. The number of rotatable bonds is 5. The third kappa shape index (κ3) is 5.38. The molecular formula is C13H29N3O2S. The molecule has 0 spiro atoms. The quantitative estimate of drug-likeness (QED) is 0.806. The molecule has 114 valence electrons. The predicted octanol–water partition coefficient (Wildman–Crippen LogP) is 1.47. The van der Waals surface area contributed by atoms with E-state index in [-0.39, 0.29) is 6.04 Å². The van der Waals surface area contributed by atoms with Crippen LogP contribution in [0.25, 0.3) is 0 Å². The van der Waals surface area contributed by atoms with Gasteiger partial charge < -0.3 is 5.32 Å². The van der Waals surface area contributed by atoms with Crippen LogP contribution in [0, 0.1) is 0 Å². The normalized spacial score (nSPS) is 25.8. The fourth-order valence-corrected chi connectivity index (χ4v) is 4.11. The largest absolute Gasteiger partial charge is 0.314 e. The summed E-state index contributed by atoms with van der Waals surface area (Å²) in [5.41, 5.74) is -0.436. The molecule has 1 aliphatic carbocycles. The average molecular weight is 291 g/mol. The summed E-state index contributed by atoms with van der Waals surface area (Å²) in [5, 5.41) is 3.44. The summed E-state index contributed by atoms with van der Waals surface area (Å²) in [6.07, 6.45) is 3.96. The van der Waals surface area contributed by atoms with E-state index in [1.165, 1.54) is 4.31 Å². The van der Waals surface area contributed by atoms with Gasteiger partial charge in [0.2, 0.25) is 0 Å². The van der Waals surface area contributed by atoms with Crippen molar-refractivity contribution in [2.24, 2.45) is 0 Å². The topological polar surface area (TPSA) is 61.4 Å². The van der Waals surface area contributed by atoms with Gasteiger partial charge in [-0.15, -0.1) is 0 Å². The van der Waals surface area contributed by atoms with E-state index in [4.69, 9.17) is 0 Å². The molecule has 0 aromatic heterocycles. The maximum Gasteiger partial charge on any atom is 0.279 e. The Labute approximate surface area is 118 Å². The second-order valence-electron chi connectivity index (χ2n) is 6.44. The molecule has 5 nitrogen and oxygen atoms in total. The zero-order valence-corrected chi connectivity index (χ0v) is 13.7. The zero-order valence-electron chi connectivity index (χ0n) is 12.9. The summed E-state index contributed by atoms with van der Waals surface area (Å²) in [6.45, 7) is 8.67. The van der Waals surface area contributed by atoms with Crippen molar-refractivity contribution in [2.75, 3.05) is 13.6 Å². The van der Waals surface area contributed by atoms with Gasteiger partial charge in [0.25, 0.3) is 10.2 Å². The van der Waals surface area contributed by atoms with Crippen LogP contribution >= 0.6 is 0 Å². The van der Waals surface area contributed by atoms with Crippen molar-refractivity contribution in [3.63, 3.8) is 0 Å². The molecule has 0 amide bonds. The van der Waals surface area contributed by atoms with Crippen LogP contribution in [0.1, 0.15) is 53.4 Å². The molecule has 0 aromatic rings. The maximum atomic E-state index is 12.3. The smallest absolute Gasteiger partial charge is 0.279 e. The van der Waals surface area contributed by atoms with Crippen LogP contribution in [-0.4, -0.2) is 43.9 Å². The lowest BCUT2D eigenvalue weighted by Crippen LogP contribution is -2.52. The molecule has 0 heterocycles. The van der Waals surface area contributed by atoms with E-state index >= 15 is 0 Å². The molecule has 1 rings (SSSR count). The Morgan fingerprint density at radius 1 is 1.16 bits per heavy atom. The summed E-state index contributed by atoms with van der Waals surface area (Å²) in [5.74, 6) is 0. The second-order valence-corrected chi connectivity index (χ2v) is 8.17. The lowest BCUT2D eigenvalue weighted by Gasteiger charge is -2.35. The first-order chi connectivity index (χ1) is 8.65. The van der Waals surface area contributed by atoms with Gasteiger partial charge in [-0.1, -0.05) is 6.92 Å². The number of hydrogen-bond acceptors (Lipinski definition) is 3. The molecule has 0 unspecified atom stereocenters. The first kappa shape index (κ1) is 16.9. The summed E-state index contributed by atoms with van der Waals surface area (Å²) in [4.78, 5) is 0. The molecule has 6 heteroatoms. The van der Waals surface area contributed by atoms with Crippen molar-refractivity contribution >= 4 is 10.2 Å². The van der Waals surface area contributed by atoms with E-state index < -0.39 is 15.7 Å². The Hall–Kier alpha value is -0.170. The van der Waals surface area contributed by atoms with E-state index in [2.05, 4.69) is 17.0 Å². The van der Waals surface area contributed by atoms with Crippen LogP contribution in [0.5, 0.6) is 0 Å². The van der Waals surface area contributed by atoms with Crippen molar-refractivity contribution in [2.45, 2.75) is 71.0 Å². The van der Waals surface area contributed by atoms with Crippen molar-refractivity contribution < 1.29 is 8.42 Å². The average Bonchev–Trinajstić information content (AvgIpc) is 2.26. The molecule has 0 radical (unpaired) electrons. The molecule has 1 saturated carbocycles. The Kier molecular flexibility index (Phi) is 5.79. The lowest BCUT2D eigenvalue weighted by molar-refractivity contribution is 0.247. The Morgan fingerprint density at radius 3 is 2.11 bits per heavy atom. The monoisotopic (exact) mass is 291 g/mol. The second kappa shape index (κ2) is 6.52. The SMILES string of the molecule is CCNC1CCC(N(C)S(=O)(=O)NC(C)(C)C)CC1. The molecule has 0 aromatic carbocycles. The number of nitrogens with zero attached hydrogens (tertiary/aromatic N) is 1. The fourth-order valence-electron chi connectivity index (χ4n) is 2.59. The van der Waals surface area contributed by atoms with Gasteiger partial charge in [-0.25, -0.2) is 0 Å². The summed E-state index contributed by atoms with van der Waals surface area (Å²) in [6, 6.07) is 0.669. The summed E-state index contributed by atoms with van der Waals surface area (Å²) in [7, 11) is -1.70. The van der Waals surface area contributed by atoms with Gasteiger partial charge in [-0.3, -0.25) is 0 Å². The van der Waals surface area contributed by atoms with Crippen molar-refractivity contribution in [1.82, 2.24) is 14.3 Å². The molecule has 1 aliphatic rings. The number of hydrogen-bond donors (Lipinski definition) is 2. The van der Waals surface area contributed by atoms with Gasteiger partial charge in [-0.2, -0.15) is 17.4 Å². The third-order valence-electron chi connectivity index (χ3n) is 3.52. The van der Waals surface area contributed by atoms with Gasteiger partial charge in [0.05, 0.1) is 0 Å². The first-order valence-electron chi connectivity index (χ1n) is 7.16. The van der Waals surface area contributed by atoms with Gasteiger partial charge in [0.15, 0.2) is 0 Å². The van der Waals surface area contributed by atoms with E-state index in [0.717, 1.165) is 32.2 Å². The first-order valence-corrected chi connectivity index (χ1v) is 8.60. The van der Waals surface area contributed by atoms with Crippen molar-refractivity contribution in [3.05, 3.63) is 0 Å². The highest BCUT2D eigenvalue weighted by molar-refractivity contribution is 7.87. The van der Waals surface area contributed by atoms with E-state index in [0.29, 0.717) is 6.04 Å². The summed E-state index contributed by atoms with van der Waals surface area (Å²) >= 11 is 0. The molecule has 0 aliphatic heterocycles. The van der Waals surface area contributed by atoms with Crippen LogP contribution in [-0.2, 0) is 10.2 Å². The molecule has 0 saturated heterocycles. The molecule has 2 N–H and O–H groups in total. The van der Waals surface area contributed by atoms with Gasteiger partial charge in [0.1, 0.15) is 0 Å². The molecule has 0 bridgehead atoms. The zero-order chi connectivity index (χ0) is 14.7. The van der Waals surface area contributed by atoms with Crippen molar-refractivity contribution in [1.29, 1.82) is 0 Å². The fraction of sp³-hybridized carbons (Fsp3) is 1.00. The maximum absolute atomic E-state index is 12.3. The minimum atomic E-state index is -3.38. The molecule has 19 heavy (non-hydrogen) atoms. The van der Waals surface area contributed by atoms with E-state index in [1.807, 2.05) is 20.8 Å². The summed E-state index contributed by atoms with van der Waals surface area (Å²) < 4.78 is 28.7. The standard InChI is InChI=1S/C13H29N3O2S/c1-6-14-11-7-9-12(10-8-11)16(5)19(17,18)15-13(2,3)4/h11-12,14-15H,6-10H2,1-5H3. The van der Waals surface area contributed by atoms with Crippen LogP contribution in [0.4, 0.5) is 0 Å². The van der Waals surface area contributed by atoms with E-state index in [1.54, 1.807) is 7.05 Å². The Bertz CT molecular complexity index is 368. The van der Waals surface area contributed by atoms with Gasteiger partial charge >= 0.3 is 0 Å². The minimum Gasteiger partial charge on any atom is -0.314 e. The van der Waals surface area contributed by atoms with Crippen LogP contribution in [0.2, 0.25) is 0 Å². The molecule has 0 atom stereocenters. The van der Waals surface area contributed by atoms with Gasteiger partial charge in [0, 0.05) is 24.7 Å². The van der Waals surface area contributed by atoms with E-state index in [9.17, 15) is 8.42 Å². The highest BCUT2D eigenvalue weighted by atomic mass is 32.2. The van der Waals surface area contributed by atoms with Gasteiger partial charge in [-0.05, 0) is 53.0 Å². The Morgan fingerprint density at radius 2 is 1.68 bits per heavy atom. The van der Waals surface area contributed by atoms with Crippen LogP contribution < -0.4 is 10.0 Å². The number of nitrogens with one attached hydrogen (secondary N) is 2. The van der Waals surface area contributed by atoms with Crippen LogP contribution in [0.15, 0.2) is 0 Å². The third-order valence-corrected chi connectivity index (χ3v) is 5.44. The highest BCUT2D eigenvalue weighted by Crippen LogP contribution is 2.24. The predicted molar refractivity (Wildman–Crippen MR) is 79.3 cm³/mol. The minimum absolute atomic E-state index is 0.120. The highest BCUT2D eigenvalue weighted by Gasteiger charge is 2.32. The van der Waals surface area contributed by atoms with Crippen molar-refractivity contribution in [3.8, 4) is 0 Å². The lowest BCUT2D eigenvalue weighted by atomic mass is 9.91. The van der Waals surface area contributed by atoms with Crippen LogP contribution in [0.3, 0.4) is 0 Å². The molecule has 1 fully saturated rings. The Balaban J connectivity index is 2.57.